The molecule has 3 aromatic rings. The summed E-state index contributed by atoms with van der Waals surface area (Å²) in [4.78, 5) is 25.3. The topological polar surface area (TPSA) is 71.1 Å². The van der Waals surface area contributed by atoms with E-state index in [0.717, 1.165) is 18.2 Å². The van der Waals surface area contributed by atoms with Crippen molar-refractivity contribution in [1.29, 1.82) is 0 Å². The molecule has 0 atom stereocenters. The summed E-state index contributed by atoms with van der Waals surface area (Å²) < 4.78 is 5.72. The number of pyridine rings is 1. The predicted octanol–water partition coefficient (Wildman–Crippen LogP) is 3.74. The zero-order chi connectivity index (χ0) is 17.9. The van der Waals surface area contributed by atoms with Gasteiger partial charge in [0, 0.05) is 25.5 Å². The van der Waals surface area contributed by atoms with Crippen molar-refractivity contribution in [3.63, 3.8) is 0 Å². The van der Waals surface area contributed by atoms with Crippen molar-refractivity contribution < 1.29 is 4.74 Å². The lowest BCUT2D eigenvalue weighted by molar-refractivity contribution is 0.442. The Kier molecular flexibility index (Phi) is 4.56. The van der Waals surface area contributed by atoms with E-state index < -0.39 is 0 Å². The van der Waals surface area contributed by atoms with Gasteiger partial charge in [0.25, 0.3) is 5.56 Å². The molecule has 1 N–H and O–H groups in total. The number of fused-ring (bicyclic) bond motifs is 1. The first-order valence-electron chi connectivity index (χ1n) is 9.02. The van der Waals surface area contributed by atoms with Gasteiger partial charge < -0.3 is 9.64 Å². The summed E-state index contributed by atoms with van der Waals surface area (Å²) in [6.07, 6.45) is 8.51. The smallest absolute Gasteiger partial charge is 0.302 e. The lowest BCUT2D eigenvalue weighted by atomic mass is 10.1. The molecule has 6 nitrogen and oxygen atoms in total. The van der Waals surface area contributed by atoms with Crippen molar-refractivity contribution in [2.75, 3.05) is 18.5 Å². The van der Waals surface area contributed by atoms with Crippen molar-refractivity contribution in [2.24, 2.45) is 5.92 Å². The lowest BCUT2D eigenvalue weighted by Gasteiger charge is -2.23. The second-order valence-corrected chi connectivity index (χ2v) is 6.89. The van der Waals surface area contributed by atoms with E-state index in [1.807, 2.05) is 24.3 Å². The summed E-state index contributed by atoms with van der Waals surface area (Å²) >= 11 is 0. The number of H-pyrrole nitrogens is 1. The first-order valence-corrected chi connectivity index (χ1v) is 9.02. The molecule has 1 saturated carbocycles. The molecule has 1 fully saturated rings. The fraction of sp³-hybridized carbons (Fsp3) is 0.350. The van der Waals surface area contributed by atoms with Crippen LogP contribution in [0.25, 0.3) is 10.9 Å². The van der Waals surface area contributed by atoms with Crippen LogP contribution < -0.4 is 15.2 Å². The minimum absolute atomic E-state index is 0.169. The summed E-state index contributed by atoms with van der Waals surface area (Å²) in [5.74, 6) is 1.44. The monoisotopic (exact) mass is 350 g/mol. The maximum Gasteiger partial charge on any atom is 0.302 e. The van der Waals surface area contributed by atoms with Gasteiger partial charge in [0.15, 0.2) is 0 Å². The minimum atomic E-state index is -0.236. The number of aromatic nitrogens is 3. The molecule has 0 unspecified atom stereocenters. The lowest BCUT2D eigenvalue weighted by Crippen LogP contribution is -2.23. The molecular formula is C20H22N4O2. The maximum atomic E-state index is 12.1. The van der Waals surface area contributed by atoms with Crippen LogP contribution in [0.4, 0.5) is 5.69 Å². The van der Waals surface area contributed by atoms with Crippen molar-refractivity contribution in [1.82, 2.24) is 15.0 Å². The third-order valence-corrected chi connectivity index (χ3v) is 4.99. The summed E-state index contributed by atoms with van der Waals surface area (Å²) in [5.41, 5.74) is 1.44. The number of anilines is 1. The largest absolute Gasteiger partial charge is 0.426 e. The van der Waals surface area contributed by atoms with Crippen molar-refractivity contribution in [3.8, 4) is 11.8 Å². The summed E-state index contributed by atoms with van der Waals surface area (Å²) in [5, 5.41) is 0.497. The van der Waals surface area contributed by atoms with E-state index in [1.165, 1.54) is 25.7 Å². The van der Waals surface area contributed by atoms with Gasteiger partial charge >= 0.3 is 6.01 Å². The van der Waals surface area contributed by atoms with E-state index in [9.17, 15) is 4.79 Å². The van der Waals surface area contributed by atoms with Gasteiger partial charge in [-0.1, -0.05) is 12.8 Å². The molecule has 4 rings (SSSR count). The Balaban J connectivity index is 1.48. The number of nitrogens with zero attached hydrogens (tertiary/aromatic N) is 3. The van der Waals surface area contributed by atoms with Gasteiger partial charge in [-0.3, -0.25) is 14.8 Å². The van der Waals surface area contributed by atoms with Crippen LogP contribution >= 0.6 is 0 Å². The Bertz CT molecular complexity index is 946. The Morgan fingerprint density at radius 2 is 1.96 bits per heavy atom. The van der Waals surface area contributed by atoms with Gasteiger partial charge in [0.2, 0.25) is 0 Å². The van der Waals surface area contributed by atoms with E-state index in [2.05, 4.69) is 26.9 Å². The highest BCUT2D eigenvalue weighted by Gasteiger charge is 2.17. The summed E-state index contributed by atoms with van der Waals surface area (Å²) in [6.45, 7) is 1.09. The Hall–Kier alpha value is -2.89. The molecule has 1 aliphatic rings. The van der Waals surface area contributed by atoms with Crippen molar-refractivity contribution in [3.05, 3.63) is 53.1 Å². The van der Waals surface area contributed by atoms with Crippen LogP contribution in [0.1, 0.15) is 25.7 Å². The van der Waals surface area contributed by atoms with E-state index >= 15 is 0 Å². The van der Waals surface area contributed by atoms with Gasteiger partial charge in [-0.15, -0.1) is 0 Å². The van der Waals surface area contributed by atoms with E-state index in [-0.39, 0.29) is 11.6 Å². The first-order chi connectivity index (χ1) is 12.7. The van der Waals surface area contributed by atoms with Crippen molar-refractivity contribution >= 4 is 16.6 Å². The summed E-state index contributed by atoms with van der Waals surface area (Å²) in [6, 6.07) is 9.67. The van der Waals surface area contributed by atoms with E-state index in [0.29, 0.717) is 16.7 Å². The highest BCUT2D eigenvalue weighted by molar-refractivity contribution is 5.76. The number of rotatable bonds is 5. The molecule has 0 amide bonds. The summed E-state index contributed by atoms with van der Waals surface area (Å²) in [7, 11) is 2.13. The van der Waals surface area contributed by atoms with Crippen LogP contribution in [0.5, 0.6) is 11.8 Å². The van der Waals surface area contributed by atoms with Gasteiger partial charge in [-0.2, -0.15) is 4.98 Å². The second-order valence-electron chi connectivity index (χ2n) is 6.89. The molecule has 2 aromatic heterocycles. The zero-order valence-electron chi connectivity index (χ0n) is 14.8. The molecule has 134 valence electrons. The Morgan fingerprint density at radius 1 is 1.19 bits per heavy atom. The molecular weight excluding hydrogens is 328 g/mol. The predicted molar refractivity (Wildman–Crippen MR) is 102 cm³/mol. The third kappa shape index (κ3) is 3.54. The minimum Gasteiger partial charge on any atom is -0.426 e. The molecule has 0 spiro atoms. The van der Waals surface area contributed by atoms with Crippen LogP contribution in [0.2, 0.25) is 0 Å². The SMILES string of the molecule is CN(CC1CCCC1)c1ccc(Oc2nc3cnccc3c(=O)[nH]2)cc1. The highest BCUT2D eigenvalue weighted by Crippen LogP contribution is 2.28. The molecule has 0 radical (unpaired) electrons. The van der Waals surface area contributed by atoms with Crippen LogP contribution in [0.15, 0.2) is 47.5 Å². The molecule has 0 aliphatic heterocycles. The molecule has 26 heavy (non-hydrogen) atoms. The number of hydrogen-bond donors (Lipinski definition) is 1. The Morgan fingerprint density at radius 3 is 2.73 bits per heavy atom. The fourth-order valence-electron chi connectivity index (χ4n) is 3.58. The van der Waals surface area contributed by atoms with Gasteiger partial charge in [0.1, 0.15) is 5.75 Å². The third-order valence-electron chi connectivity index (χ3n) is 4.99. The van der Waals surface area contributed by atoms with Crippen molar-refractivity contribution in [2.45, 2.75) is 25.7 Å². The van der Waals surface area contributed by atoms with E-state index in [1.54, 1.807) is 18.5 Å². The average molecular weight is 350 g/mol. The van der Waals surface area contributed by atoms with Crippen LogP contribution in [-0.2, 0) is 0 Å². The molecule has 1 aliphatic carbocycles. The molecule has 6 heteroatoms. The van der Waals surface area contributed by atoms with Crippen LogP contribution in [0.3, 0.4) is 0 Å². The number of nitrogens with one attached hydrogen (secondary N) is 1. The number of ether oxygens (including phenoxy) is 1. The van der Waals surface area contributed by atoms with Crippen LogP contribution in [0, 0.1) is 5.92 Å². The maximum absolute atomic E-state index is 12.1. The van der Waals surface area contributed by atoms with Gasteiger partial charge in [-0.25, -0.2) is 0 Å². The van der Waals surface area contributed by atoms with Crippen LogP contribution in [-0.4, -0.2) is 28.5 Å². The quantitative estimate of drug-likeness (QED) is 0.759. The average Bonchev–Trinajstić information content (AvgIpc) is 3.15. The molecule has 0 bridgehead atoms. The van der Waals surface area contributed by atoms with E-state index in [4.69, 9.17) is 4.74 Å². The highest BCUT2D eigenvalue weighted by atomic mass is 16.5. The number of aromatic amines is 1. The molecule has 2 heterocycles. The van der Waals surface area contributed by atoms with Gasteiger partial charge in [0.05, 0.1) is 17.1 Å². The number of benzene rings is 1. The zero-order valence-corrected chi connectivity index (χ0v) is 14.8. The van der Waals surface area contributed by atoms with Gasteiger partial charge in [-0.05, 0) is 49.1 Å². The Labute approximate surface area is 151 Å². The molecule has 1 aromatic carbocycles. The second kappa shape index (κ2) is 7.15. The first kappa shape index (κ1) is 16.6. The molecule has 0 saturated heterocycles. The normalized spacial score (nSPS) is 14.7. The standard InChI is InChI=1S/C20H22N4O2/c1-24(13-14-4-2-3-5-14)15-6-8-16(9-7-15)26-20-22-18-12-21-11-10-17(18)19(25)23-20/h6-12,14H,2-5,13H2,1H3,(H,22,23,25). The number of hydrogen-bond acceptors (Lipinski definition) is 5. The fourth-order valence-corrected chi connectivity index (χ4v) is 3.58.